The van der Waals surface area contributed by atoms with Crippen LogP contribution in [0, 0.1) is 0 Å². The van der Waals surface area contributed by atoms with E-state index in [2.05, 4.69) is 0 Å². The molecule has 2 rings (SSSR count). The third-order valence-corrected chi connectivity index (χ3v) is 2.90. The molecule has 0 saturated heterocycles. The van der Waals surface area contributed by atoms with Crippen molar-refractivity contribution in [3.8, 4) is 0 Å². The molecule has 1 aromatic rings. The predicted octanol–water partition coefficient (Wildman–Crippen LogP) is 2.11. The van der Waals surface area contributed by atoms with E-state index in [1.54, 1.807) is 24.3 Å². The average Bonchev–Trinajstić information content (AvgIpc) is 2.71. The average molecular weight is 259 g/mol. The Kier molecular flexibility index (Phi) is 2.94. The minimum Gasteiger partial charge on any atom is -0.374 e. The Bertz CT molecular complexity index is 474. The van der Waals surface area contributed by atoms with Crippen LogP contribution in [0.4, 0.5) is 5.69 Å². The maximum absolute atomic E-state index is 10.9. The molecule has 1 aliphatic heterocycles. The fraction of sp³-hybridized carbons (Fsp3) is 0.100. The van der Waals surface area contributed by atoms with Crippen molar-refractivity contribution in [3.63, 3.8) is 0 Å². The van der Waals surface area contributed by atoms with Gasteiger partial charge in [-0.1, -0.05) is 29.3 Å². The molecule has 0 spiro atoms. The molecular formula is C10H8Cl2N2O2. The van der Waals surface area contributed by atoms with Gasteiger partial charge in [-0.05, 0) is 18.2 Å². The third kappa shape index (κ3) is 1.94. The number of halogens is 2. The van der Waals surface area contributed by atoms with E-state index < -0.39 is 5.91 Å². The van der Waals surface area contributed by atoms with Crippen LogP contribution in [0.25, 0.3) is 0 Å². The zero-order valence-corrected chi connectivity index (χ0v) is 9.63. The van der Waals surface area contributed by atoms with Gasteiger partial charge in [0, 0.05) is 0 Å². The van der Waals surface area contributed by atoms with Crippen LogP contribution < -0.4 is 10.8 Å². The van der Waals surface area contributed by atoms with E-state index in [4.69, 9.17) is 33.8 Å². The second kappa shape index (κ2) is 4.23. The molecular weight excluding hydrogens is 251 g/mol. The fourth-order valence-electron chi connectivity index (χ4n) is 1.34. The summed E-state index contributed by atoms with van der Waals surface area (Å²) in [4.78, 5) is 16.1. The summed E-state index contributed by atoms with van der Waals surface area (Å²) in [6, 6.07) is 5.16. The molecule has 1 heterocycles. The number of hydroxylamine groups is 1. The van der Waals surface area contributed by atoms with Crippen LogP contribution in [0.15, 0.2) is 30.0 Å². The number of nitrogens with two attached hydrogens (primary N) is 1. The Hall–Kier alpha value is -1.39. The molecule has 16 heavy (non-hydrogen) atoms. The highest BCUT2D eigenvalue weighted by Gasteiger charge is 2.22. The van der Waals surface area contributed by atoms with Crippen LogP contribution in [-0.4, -0.2) is 12.5 Å². The van der Waals surface area contributed by atoms with Crippen molar-refractivity contribution >= 4 is 34.8 Å². The number of hydrogen-bond acceptors (Lipinski definition) is 3. The molecule has 1 aliphatic rings. The van der Waals surface area contributed by atoms with Crippen LogP contribution in [0.5, 0.6) is 0 Å². The van der Waals surface area contributed by atoms with E-state index in [-0.39, 0.29) is 5.76 Å². The summed E-state index contributed by atoms with van der Waals surface area (Å²) < 4.78 is 0. The zero-order valence-electron chi connectivity index (χ0n) is 8.11. The lowest BCUT2D eigenvalue weighted by molar-refractivity contribution is -0.117. The number of carbonyl (C=O) groups is 1. The summed E-state index contributed by atoms with van der Waals surface area (Å²) in [7, 11) is 0. The monoisotopic (exact) mass is 258 g/mol. The Morgan fingerprint density at radius 1 is 1.44 bits per heavy atom. The molecule has 0 unspecified atom stereocenters. The fourth-order valence-corrected chi connectivity index (χ4v) is 1.73. The first-order valence-electron chi connectivity index (χ1n) is 4.49. The van der Waals surface area contributed by atoms with Gasteiger partial charge in [0.1, 0.15) is 0 Å². The summed E-state index contributed by atoms with van der Waals surface area (Å²) in [5.74, 6) is -0.503. The smallest absolute Gasteiger partial charge is 0.286 e. The highest BCUT2D eigenvalue weighted by molar-refractivity contribution is 6.43. The zero-order chi connectivity index (χ0) is 11.7. The van der Waals surface area contributed by atoms with Crippen molar-refractivity contribution in [3.05, 3.63) is 40.1 Å². The Balaban J connectivity index is 2.23. The van der Waals surface area contributed by atoms with E-state index in [1.165, 1.54) is 5.06 Å². The SMILES string of the molecule is NC(=O)C1=CCN(c2cccc(Cl)c2Cl)O1. The van der Waals surface area contributed by atoms with Crippen molar-refractivity contribution in [2.45, 2.75) is 0 Å². The molecule has 0 radical (unpaired) electrons. The van der Waals surface area contributed by atoms with Crippen molar-refractivity contribution < 1.29 is 9.63 Å². The number of benzene rings is 1. The summed E-state index contributed by atoms with van der Waals surface area (Å²) in [6.45, 7) is 0.401. The Morgan fingerprint density at radius 2 is 2.19 bits per heavy atom. The van der Waals surface area contributed by atoms with Crippen molar-refractivity contribution in [2.75, 3.05) is 11.6 Å². The van der Waals surface area contributed by atoms with E-state index in [9.17, 15) is 4.79 Å². The van der Waals surface area contributed by atoms with Crippen molar-refractivity contribution in [1.82, 2.24) is 0 Å². The molecule has 0 aliphatic carbocycles. The van der Waals surface area contributed by atoms with Gasteiger partial charge in [-0.2, -0.15) is 0 Å². The van der Waals surface area contributed by atoms with Gasteiger partial charge < -0.3 is 10.6 Å². The third-order valence-electron chi connectivity index (χ3n) is 2.09. The second-order valence-electron chi connectivity index (χ2n) is 3.16. The van der Waals surface area contributed by atoms with Crippen molar-refractivity contribution in [2.24, 2.45) is 5.73 Å². The van der Waals surface area contributed by atoms with Gasteiger partial charge in [0.05, 0.1) is 22.3 Å². The van der Waals surface area contributed by atoms with E-state index in [1.807, 2.05) is 0 Å². The topological polar surface area (TPSA) is 55.6 Å². The normalized spacial score (nSPS) is 14.6. The van der Waals surface area contributed by atoms with Crippen LogP contribution in [0.1, 0.15) is 0 Å². The molecule has 0 fully saturated rings. The molecule has 0 atom stereocenters. The number of anilines is 1. The van der Waals surface area contributed by atoms with Gasteiger partial charge in [-0.3, -0.25) is 4.79 Å². The summed E-state index contributed by atoms with van der Waals surface area (Å²) in [6.07, 6.45) is 1.58. The first-order valence-corrected chi connectivity index (χ1v) is 5.24. The second-order valence-corrected chi connectivity index (χ2v) is 3.94. The van der Waals surface area contributed by atoms with Gasteiger partial charge in [-0.15, -0.1) is 0 Å². The van der Waals surface area contributed by atoms with Crippen LogP contribution >= 0.6 is 23.2 Å². The van der Waals surface area contributed by atoms with Gasteiger partial charge in [0.25, 0.3) is 5.91 Å². The minimum atomic E-state index is -0.611. The minimum absolute atomic E-state index is 0.107. The van der Waals surface area contributed by atoms with Crippen molar-refractivity contribution in [1.29, 1.82) is 0 Å². The lowest BCUT2D eigenvalue weighted by Gasteiger charge is -2.19. The lowest BCUT2D eigenvalue weighted by atomic mass is 10.3. The van der Waals surface area contributed by atoms with Gasteiger partial charge in [0.15, 0.2) is 0 Å². The Labute approximate surface area is 102 Å². The quantitative estimate of drug-likeness (QED) is 0.884. The lowest BCUT2D eigenvalue weighted by Crippen LogP contribution is -2.21. The summed E-state index contributed by atoms with van der Waals surface area (Å²) in [5, 5.41) is 2.26. The molecule has 4 nitrogen and oxygen atoms in total. The number of nitrogens with zero attached hydrogens (tertiary/aromatic N) is 1. The largest absolute Gasteiger partial charge is 0.374 e. The van der Waals surface area contributed by atoms with E-state index in [0.29, 0.717) is 22.3 Å². The summed E-state index contributed by atoms with van der Waals surface area (Å²) >= 11 is 11.9. The molecule has 1 amide bonds. The molecule has 6 heteroatoms. The first-order chi connectivity index (χ1) is 7.59. The highest BCUT2D eigenvalue weighted by atomic mass is 35.5. The highest BCUT2D eigenvalue weighted by Crippen LogP contribution is 2.34. The number of carbonyl (C=O) groups excluding carboxylic acids is 1. The number of primary amides is 1. The van der Waals surface area contributed by atoms with Crippen LogP contribution in [0.3, 0.4) is 0 Å². The molecule has 0 saturated carbocycles. The molecule has 0 aromatic heterocycles. The molecule has 2 N–H and O–H groups in total. The number of amides is 1. The first kappa shape index (κ1) is 11.1. The van der Waals surface area contributed by atoms with Gasteiger partial charge in [0.2, 0.25) is 5.76 Å². The predicted molar refractivity (Wildman–Crippen MR) is 62.2 cm³/mol. The summed E-state index contributed by atoms with van der Waals surface area (Å²) in [5.41, 5.74) is 5.69. The van der Waals surface area contributed by atoms with Crippen LogP contribution in [0.2, 0.25) is 10.0 Å². The number of hydrogen-bond donors (Lipinski definition) is 1. The van der Waals surface area contributed by atoms with Crippen LogP contribution in [-0.2, 0) is 9.63 Å². The van der Waals surface area contributed by atoms with Gasteiger partial charge in [-0.25, -0.2) is 5.06 Å². The number of rotatable bonds is 2. The van der Waals surface area contributed by atoms with E-state index >= 15 is 0 Å². The van der Waals surface area contributed by atoms with E-state index in [0.717, 1.165) is 0 Å². The molecule has 0 bridgehead atoms. The maximum Gasteiger partial charge on any atom is 0.286 e. The van der Waals surface area contributed by atoms with Gasteiger partial charge >= 0.3 is 0 Å². The maximum atomic E-state index is 10.9. The standard InChI is InChI=1S/C10H8Cl2N2O2/c11-6-2-1-3-7(9(6)12)14-5-4-8(16-14)10(13)15/h1-4H,5H2,(H2,13,15). The molecule has 1 aromatic carbocycles. The Morgan fingerprint density at radius 3 is 2.81 bits per heavy atom. The molecule has 84 valence electrons.